The molecule has 0 fully saturated rings. The molecule has 0 saturated carbocycles. The van der Waals surface area contributed by atoms with Crippen molar-refractivity contribution in [3.8, 4) is 5.75 Å². The number of hydrogen-bond donors (Lipinski definition) is 1. The predicted molar refractivity (Wildman–Crippen MR) is 74.3 cm³/mol. The summed E-state index contributed by atoms with van der Waals surface area (Å²) in [6.07, 6.45) is 1.62. The Morgan fingerprint density at radius 1 is 1.05 bits per heavy atom. The molecule has 1 aliphatic heterocycles. The zero-order valence-electron chi connectivity index (χ0n) is 10.5. The lowest BCUT2D eigenvalue weighted by Crippen LogP contribution is -2.11. The van der Waals surface area contributed by atoms with Crippen molar-refractivity contribution in [1.29, 1.82) is 0 Å². The summed E-state index contributed by atoms with van der Waals surface area (Å²) >= 11 is 0. The summed E-state index contributed by atoms with van der Waals surface area (Å²) in [4.78, 5) is 5.46. The second-order valence-corrected chi connectivity index (χ2v) is 4.68. The molecule has 3 nitrogen and oxygen atoms in total. The average molecular weight is 253 g/mol. The van der Waals surface area contributed by atoms with E-state index in [9.17, 15) is 5.11 Å². The number of rotatable bonds is 3. The number of aromatic hydroxyl groups is 1. The Morgan fingerprint density at radius 3 is 2.58 bits per heavy atom. The molecule has 0 spiro atoms. The van der Waals surface area contributed by atoms with Gasteiger partial charge in [-0.3, -0.25) is 0 Å². The maximum Gasteiger partial charge on any atom is 0.137 e. The van der Waals surface area contributed by atoms with E-state index in [1.54, 1.807) is 12.1 Å². The van der Waals surface area contributed by atoms with E-state index in [-0.39, 0.29) is 11.9 Å². The topological polar surface area (TPSA) is 41.8 Å². The van der Waals surface area contributed by atoms with E-state index < -0.39 is 0 Å². The molecule has 0 bridgehead atoms. The average Bonchev–Trinajstić information content (AvgIpc) is 2.89. The van der Waals surface area contributed by atoms with Crippen LogP contribution in [-0.2, 0) is 11.3 Å². The van der Waals surface area contributed by atoms with E-state index in [0.29, 0.717) is 0 Å². The molecule has 19 heavy (non-hydrogen) atoms. The molecule has 0 radical (unpaired) electrons. The summed E-state index contributed by atoms with van der Waals surface area (Å²) in [6.45, 7) is 0. The minimum Gasteiger partial charge on any atom is -0.507 e. The predicted octanol–water partition coefficient (Wildman–Crippen LogP) is 3.13. The first-order valence-electron chi connectivity index (χ1n) is 6.38. The summed E-state index contributed by atoms with van der Waals surface area (Å²) in [5.41, 5.74) is 2.82. The molecule has 0 unspecified atom stereocenters. The highest BCUT2D eigenvalue weighted by Crippen LogP contribution is 2.24. The molecule has 1 aliphatic rings. The van der Waals surface area contributed by atoms with Gasteiger partial charge in [-0.05, 0) is 17.7 Å². The number of para-hydroxylation sites is 1. The maximum absolute atomic E-state index is 9.81. The van der Waals surface area contributed by atoms with Crippen molar-refractivity contribution in [2.45, 2.75) is 18.9 Å². The van der Waals surface area contributed by atoms with Crippen LogP contribution in [0.4, 0.5) is 0 Å². The molecule has 3 heteroatoms. The van der Waals surface area contributed by atoms with Gasteiger partial charge in [-0.2, -0.15) is 0 Å². The molecule has 0 amide bonds. The summed E-state index contributed by atoms with van der Waals surface area (Å²) in [7, 11) is 0. The van der Waals surface area contributed by atoms with Crippen LogP contribution in [0.1, 0.15) is 17.5 Å². The number of nitrogens with zero attached hydrogens (tertiary/aromatic N) is 1. The number of oxime groups is 1. The SMILES string of the molecule is Oc1ccccc1C1=NO[C@@H](Cc2ccccc2)C1. The van der Waals surface area contributed by atoms with Crippen molar-refractivity contribution in [3.05, 3.63) is 65.7 Å². The first-order chi connectivity index (χ1) is 9.33. The lowest BCUT2D eigenvalue weighted by molar-refractivity contribution is 0.0859. The van der Waals surface area contributed by atoms with Crippen LogP contribution < -0.4 is 0 Å². The van der Waals surface area contributed by atoms with Crippen LogP contribution in [0.25, 0.3) is 0 Å². The first kappa shape index (κ1) is 11.8. The molecule has 96 valence electrons. The number of benzene rings is 2. The fourth-order valence-corrected chi connectivity index (χ4v) is 2.29. The minimum absolute atomic E-state index is 0.0528. The molecule has 1 N–H and O–H groups in total. The van der Waals surface area contributed by atoms with Crippen LogP contribution in [-0.4, -0.2) is 16.9 Å². The van der Waals surface area contributed by atoms with Crippen molar-refractivity contribution in [1.82, 2.24) is 0 Å². The van der Waals surface area contributed by atoms with Gasteiger partial charge in [-0.25, -0.2) is 0 Å². The number of hydrogen-bond acceptors (Lipinski definition) is 3. The zero-order valence-corrected chi connectivity index (χ0v) is 10.5. The zero-order chi connectivity index (χ0) is 13.1. The third-order valence-corrected chi connectivity index (χ3v) is 3.25. The van der Waals surface area contributed by atoms with Gasteiger partial charge in [0.05, 0.1) is 5.71 Å². The Hall–Kier alpha value is -2.29. The summed E-state index contributed by atoms with van der Waals surface area (Å²) in [6, 6.07) is 17.4. The van der Waals surface area contributed by atoms with Crippen LogP contribution in [0.3, 0.4) is 0 Å². The quantitative estimate of drug-likeness (QED) is 0.913. The Kier molecular flexibility index (Phi) is 3.19. The minimum atomic E-state index is 0.0528. The van der Waals surface area contributed by atoms with E-state index in [4.69, 9.17) is 4.84 Å². The van der Waals surface area contributed by atoms with Crippen molar-refractivity contribution >= 4 is 5.71 Å². The molecular formula is C16H15NO2. The number of phenols is 1. The molecule has 2 aromatic carbocycles. The third kappa shape index (κ3) is 2.60. The van der Waals surface area contributed by atoms with Crippen molar-refractivity contribution in [3.63, 3.8) is 0 Å². The summed E-state index contributed by atoms with van der Waals surface area (Å²) in [5.74, 6) is 0.255. The highest BCUT2D eigenvalue weighted by atomic mass is 16.6. The van der Waals surface area contributed by atoms with Crippen LogP contribution in [0.2, 0.25) is 0 Å². The second kappa shape index (κ2) is 5.14. The molecule has 2 aromatic rings. The van der Waals surface area contributed by atoms with Crippen molar-refractivity contribution < 1.29 is 9.94 Å². The highest BCUT2D eigenvalue weighted by molar-refractivity contribution is 6.03. The smallest absolute Gasteiger partial charge is 0.137 e. The van der Waals surface area contributed by atoms with Crippen molar-refractivity contribution in [2.24, 2.45) is 5.16 Å². The Balaban J connectivity index is 1.69. The van der Waals surface area contributed by atoms with Crippen LogP contribution in [0.5, 0.6) is 5.75 Å². The molecule has 1 atom stereocenters. The Bertz CT molecular complexity index is 593. The standard InChI is InChI=1S/C16H15NO2/c18-16-9-5-4-8-14(16)15-11-13(19-17-15)10-12-6-2-1-3-7-12/h1-9,13,18H,10-11H2/t13-/m0/s1. The highest BCUT2D eigenvalue weighted by Gasteiger charge is 2.23. The van der Waals surface area contributed by atoms with Gasteiger partial charge in [0.25, 0.3) is 0 Å². The van der Waals surface area contributed by atoms with Crippen LogP contribution in [0.15, 0.2) is 59.8 Å². The fourth-order valence-electron chi connectivity index (χ4n) is 2.29. The van der Waals surface area contributed by atoms with Gasteiger partial charge >= 0.3 is 0 Å². The van der Waals surface area contributed by atoms with Gasteiger partial charge in [-0.1, -0.05) is 47.6 Å². The lowest BCUT2D eigenvalue weighted by Gasteiger charge is -2.07. The molecule has 3 rings (SSSR count). The summed E-state index contributed by atoms with van der Waals surface area (Å²) in [5, 5.41) is 13.9. The van der Waals surface area contributed by atoms with Crippen LogP contribution >= 0.6 is 0 Å². The van der Waals surface area contributed by atoms with Crippen molar-refractivity contribution in [2.75, 3.05) is 0 Å². The van der Waals surface area contributed by atoms with Gasteiger partial charge in [0, 0.05) is 18.4 Å². The lowest BCUT2D eigenvalue weighted by atomic mass is 10.00. The van der Waals surface area contributed by atoms with Gasteiger partial charge < -0.3 is 9.94 Å². The van der Waals surface area contributed by atoms with Gasteiger partial charge in [-0.15, -0.1) is 0 Å². The largest absolute Gasteiger partial charge is 0.507 e. The Morgan fingerprint density at radius 2 is 1.79 bits per heavy atom. The molecule has 1 heterocycles. The fraction of sp³-hybridized carbons (Fsp3) is 0.188. The Labute approximate surface area is 112 Å². The molecular weight excluding hydrogens is 238 g/mol. The second-order valence-electron chi connectivity index (χ2n) is 4.68. The maximum atomic E-state index is 9.81. The first-order valence-corrected chi connectivity index (χ1v) is 6.38. The van der Waals surface area contributed by atoms with E-state index >= 15 is 0 Å². The monoisotopic (exact) mass is 253 g/mol. The van der Waals surface area contributed by atoms with E-state index in [0.717, 1.165) is 24.1 Å². The third-order valence-electron chi connectivity index (χ3n) is 3.25. The van der Waals surface area contributed by atoms with Gasteiger partial charge in [0.15, 0.2) is 0 Å². The van der Waals surface area contributed by atoms with E-state index in [1.165, 1.54) is 5.56 Å². The molecule has 0 saturated heterocycles. The summed E-state index contributed by atoms with van der Waals surface area (Å²) < 4.78 is 0. The van der Waals surface area contributed by atoms with Crippen LogP contribution in [0, 0.1) is 0 Å². The van der Waals surface area contributed by atoms with Gasteiger partial charge in [0.1, 0.15) is 11.9 Å². The van der Waals surface area contributed by atoms with Gasteiger partial charge in [0.2, 0.25) is 0 Å². The molecule has 0 aliphatic carbocycles. The molecule has 0 aromatic heterocycles. The van der Waals surface area contributed by atoms with E-state index in [2.05, 4.69) is 17.3 Å². The van der Waals surface area contributed by atoms with E-state index in [1.807, 2.05) is 30.3 Å². The normalized spacial score (nSPS) is 17.9. The number of phenolic OH excluding ortho intramolecular Hbond substituents is 1.